The van der Waals surface area contributed by atoms with Crippen LogP contribution in [0.3, 0.4) is 0 Å². The van der Waals surface area contributed by atoms with Gasteiger partial charge in [-0.3, -0.25) is 0 Å². The van der Waals surface area contributed by atoms with Crippen molar-refractivity contribution in [2.45, 2.75) is 30.5 Å². The zero-order valence-corrected chi connectivity index (χ0v) is 11.8. The standard InChI is InChI=1S/C11H12Cl3N3/c1-3-4-8-6-9(11(12,13)14)17-10(15-8)5-7(2)16-17/h5-6H,3-4H2,1-2H3. The maximum absolute atomic E-state index is 5.96. The Hall–Kier alpha value is -0.510. The summed E-state index contributed by atoms with van der Waals surface area (Å²) in [6.45, 7) is 3.97. The molecule has 2 aromatic rings. The molecule has 17 heavy (non-hydrogen) atoms. The highest BCUT2D eigenvalue weighted by molar-refractivity contribution is 6.66. The molecule has 2 heterocycles. The number of fused-ring (bicyclic) bond motifs is 1. The molecule has 0 unspecified atom stereocenters. The van der Waals surface area contributed by atoms with Crippen LogP contribution in [-0.4, -0.2) is 14.6 Å². The molecule has 0 fully saturated rings. The summed E-state index contributed by atoms with van der Waals surface area (Å²) in [6, 6.07) is 3.68. The number of nitrogens with zero attached hydrogens (tertiary/aromatic N) is 3. The summed E-state index contributed by atoms with van der Waals surface area (Å²) in [7, 11) is 0. The second-order valence-electron chi connectivity index (χ2n) is 3.94. The van der Waals surface area contributed by atoms with Crippen LogP contribution in [0.4, 0.5) is 0 Å². The minimum absolute atomic E-state index is 0.532. The van der Waals surface area contributed by atoms with Crippen molar-refractivity contribution in [1.82, 2.24) is 14.6 Å². The van der Waals surface area contributed by atoms with E-state index in [4.69, 9.17) is 34.8 Å². The normalized spacial score (nSPS) is 12.3. The Balaban J connectivity index is 2.69. The summed E-state index contributed by atoms with van der Waals surface area (Å²) < 4.78 is 0.0869. The first-order valence-electron chi connectivity index (χ1n) is 5.35. The van der Waals surface area contributed by atoms with Gasteiger partial charge in [-0.25, -0.2) is 9.50 Å². The van der Waals surface area contributed by atoms with E-state index in [2.05, 4.69) is 17.0 Å². The van der Waals surface area contributed by atoms with Crippen LogP contribution in [0, 0.1) is 6.92 Å². The average molecular weight is 293 g/mol. The summed E-state index contributed by atoms with van der Waals surface area (Å²) in [5.74, 6) is 0. The van der Waals surface area contributed by atoms with Gasteiger partial charge in [0.25, 0.3) is 0 Å². The van der Waals surface area contributed by atoms with Crippen LogP contribution in [-0.2, 0) is 10.2 Å². The Morgan fingerprint density at radius 1 is 1.29 bits per heavy atom. The fraction of sp³-hybridized carbons (Fsp3) is 0.455. The maximum Gasteiger partial charge on any atom is 0.232 e. The Labute approximate surface area is 115 Å². The van der Waals surface area contributed by atoms with Gasteiger partial charge in [-0.1, -0.05) is 48.1 Å². The van der Waals surface area contributed by atoms with E-state index in [1.807, 2.05) is 13.0 Å². The van der Waals surface area contributed by atoms with E-state index in [0.29, 0.717) is 5.69 Å². The van der Waals surface area contributed by atoms with Gasteiger partial charge >= 0.3 is 0 Å². The molecule has 2 aromatic heterocycles. The fourth-order valence-electron chi connectivity index (χ4n) is 1.73. The van der Waals surface area contributed by atoms with Gasteiger partial charge < -0.3 is 0 Å². The van der Waals surface area contributed by atoms with Gasteiger partial charge in [0.2, 0.25) is 3.79 Å². The molecule has 0 bridgehead atoms. The van der Waals surface area contributed by atoms with Crippen molar-refractivity contribution in [2.24, 2.45) is 0 Å². The molecular formula is C11H12Cl3N3. The number of aryl methyl sites for hydroxylation is 2. The van der Waals surface area contributed by atoms with Crippen molar-refractivity contribution < 1.29 is 0 Å². The molecule has 0 atom stereocenters. The molecule has 3 nitrogen and oxygen atoms in total. The second-order valence-corrected chi connectivity index (χ2v) is 6.22. The van der Waals surface area contributed by atoms with Crippen molar-refractivity contribution in [3.63, 3.8) is 0 Å². The first-order chi connectivity index (χ1) is 7.91. The van der Waals surface area contributed by atoms with E-state index in [9.17, 15) is 0 Å². The SMILES string of the molecule is CCCc1cc(C(Cl)(Cl)Cl)n2nc(C)cc2n1. The van der Waals surface area contributed by atoms with Crippen LogP contribution < -0.4 is 0 Å². The number of halogens is 3. The van der Waals surface area contributed by atoms with Gasteiger partial charge in [0, 0.05) is 11.8 Å². The number of hydrogen-bond donors (Lipinski definition) is 0. The highest BCUT2D eigenvalue weighted by Gasteiger charge is 2.27. The summed E-state index contributed by atoms with van der Waals surface area (Å²) in [6.07, 6.45) is 1.85. The monoisotopic (exact) mass is 291 g/mol. The van der Waals surface area contributed by atoms with Gasteiger partial charge in [0.1, 0.15) is 0 Å². The smallest absolute Gasteiger partial charge is 0.232 e. The van der Waals surface area contributed by atoms with Gasteiger partial charge in [-0.05, 0) is 19.4 Å². The summed E-state index contributed by atoms with van der Waals surface area (Å²) in [5.41, 5.74) is 3.02. The first kappa shape index (κ1) is 12.9. The van der Waals surface area contributed by atoms with E-state index in [1.165, 1.54) is 0 Å². The van der Waals surface area contributed by atoms with E-state index >= 15 is 0 Å². The van der Waals surface area contributed by atoms with Gasteiger partial charge in [0.15, 0.2) is 5.65 Å². The predicted octanol–water partition coefficient (Wildman–Crippen LogP) is 3.82. The van der Waals surface area contributed by atoms with Crippen molar-refractivity contribution in [3.8, 4) is 0 Å². The highest BCUT2D eigenvalue weighted by Crippen LogP contribution is 2.38. The molecular weight excluding hydrogens is 281 g/mol. The van der Waals surface area contributed by atoms with Crippen LogP contribution in [0.2, 0.25) is 0 Å². The van der Waals surface area contributed by atoms with Gasteiger partial charge in [-0.15, -0.1) is 0 Å². The zero-order chi connectivity index (χ0) is 12.6. The summed E-state index contributed by atoms with van der Waals surface area (Å²) >= 11 is 17.9. The predicted molar refractivity (Wildman–Crippen MR) is 71.0 cm³/mol. The Morgan fingerprint density at radius 2 is 2.00 bits per heavy atom. The van der Waals surface area contributed by atoms with Crippen molar-refractivity contribution in [2.75, 3.05) is 0 Å². The molecule has 0 saturated heterocycles. The fourth-order valence-corrected chi connectivity index (χ4v) is 2.13. The van der Waals surface area contributed by atoms with Gasteiger partial charge in [-0.2, -0.15) is 5.10 Å². The Kier molecular flexibility index (Phi) is 3.53. The molecule has 0 spiro atoms. The van der Waals surface area contributed by atoms with Crippen LogP contribution in [0.25, 0.3) is 5.65 Å². The minimum Gasteiger partial charge on any atom is -0.234 e. The molecule has 0 aliphatic rings. The molecule has 6 heteroatoms. The van der Waals surface area contributed by atoms with Crippen LogP contribution in [0.15, 0.2) is 12.1 Å². The molecule has 0 radical (unpaired) electrons. The zero-order valence-electron chi connectivity index (χ0n) is 9.54. The minimum atomic E-state index is -1.50. The van der Waals surface area contributed by atoms with E-state index in [-0.39, 0.29) is 0 Å². The second kappa shape index (κ2) is 4.63. The highest BCUT2D eigenvalue weighted by atomic mass is 35.6. The van der Waals surface area contributed by atoms with Crippen LogP contribution in [0.5, 0.6) is 0 Å². The lowest BCUT2D eigenvalue weighted by Crippen LogP contribution is -2.11. The third-order valence-corrected chi connectivity index (χ3v) is 2.98. The van der Waals surface area contributed by atoms with E-state index < -0.39 is 3.79 Å². The molecule has 0 saturated carbocycles. The molecule has 0 aliphatic carbocycles. The molecule has 0 aromatic carbocycles. The number of aromatic nitrogens is 3. The third-order valence-electron chi connectivity index (χ3n) is 2.40. The number of rotatable bonds is 2. The molecule has 0 N–H and O–H groups in total. The van der Waals surface area contributed by atoms with Crippen molar-refractivity contribution in [1.29, 1.82) is 0 Å². The topological polar surface area (TPSA) is 30.2 Å². The first-order valence-corrected chi connectivity index (χ1v) is 6.48. The summed E-state index contributed by atoms with van der Waals surface area (Å²) in [5, 5.41) is 4.28. The lowest BCUT2D eigenvalue weighted by molar-refractivity contribution is 0.812. The van der Waals surface area contributed by atoms with Crippen molar-refractivity contribution in [3.05, 3.63) is 29.2 Å². The molecule has 2 rings (SSSR count). The molecule has 0 amide bonds. The van der Waals surface area contributed by atoms with Gasteiger partial charge in [0.05, 0.1) is 11.4 Å². The Bertz CT molecular complexity index is 543. The molecule has 92 valence electrons. The third kappa shape index (κ3) is 2.67. The van der Waals surface area contributed by atoms with Crippen molar-refractivity contribution >= 4 is 40.4 Å². The van der Waals surface area contributed by atoms with Crippen LogP contribution >= 0.6 is 34.8 Å². The molecule has 0 aliphatic heterocycles. The van der Waals surface area contributed by atoms with E-state index in [0.717, 1.165) is 29.9 Å². The largest absolute Gasteiger partial charge is 0.234 e. The lowest BCUT2D eigenvalue weighted by atomic mass is 10.2. The summed E-state index contributed by atoms with van der Waals surface area (Å²) in [4.78, 5) is 4.48. The number of alkyl halides is 3. The number of hydrogen-bond acceptors (Lipinski definition) is 2. The maximum atomic E-state index is 5.96. The lowest BCUT2D eigenvalue weighted by Gasteiger charge is -2.14. The van der Waals surface area contributed by atoms with E-state index in [1.54, 1.807) is 10.6 Å². The quantitative estimate of drug-likeness (QED) is 0.788. The van der Waals surface area contributed by atoms with Crippen LogP contribution in [0.1, 0.15) is 30.4 Å². The average Bonchev–Trinajstić information content (AvgIpc) is 2.55. The Morgan fingerprint density at radius 3 is 2.59 bits per heavy atom.